The molecule has 0 atom stereocenters. The number of rotatable bonds is 0. The van der Waals surface area contributed by atoms with Crippen LogP contribution in [0.1, 0.15) is 36.6 Å². The number of aromatic nitrogens is 1. The van der Waals surface area contributed by atoms with Crippen molar-refractivity contribution in [2.45, 2.75) is 39.0 Å². The van der Waals surface area contributed by atoms with Crippen LogP contribution < -0.4 is 4.90 Å². The zero-order valence-electron chi connectivity index (χ0n) is 11.3. The predicted molar refractivity (Wildman–Crippen MR) is 76.7 cm³/mol. The number of carbonyl (C=O) groups is 1. The molecule has 0 bridgehead atoms. The number of amides is 1. The van der Waals surface area contributed by atoms with Crippen LogP contribution in [0.5, 0.6) is 0 Å². The van der Waals surface area contributed by atoms with Crippen molar-refractivity contribution in [3.63, 3.8) is 0 Å². The quantitative estimate of drug-likeness (QED) is 0.771. The lowest BCUT2D eigenvalue weighted by Crippen LogP contribution is -2.25. The number of benzene rings is 1. The Bertz CT molecular complexity index is 684. The summed E-state index contributed by atoms with van der Waals surface area (Å²) in [6.07, 6.45) is 5.90. The standard InChI is InChI=1S/C16H18N2O/c1-10(19)18-7-6-11-8-15-13(9-16(11)18)12-4-2-3-5-14(12)17-15/h8-9,17H,2-7H2,1H3. The lowest BCUT2D eigenvalue weighted by molar-refractivity contribution is -0.116. The normalized spacial score (nSPS) is 17.6. The molecular weight excluding hydrogens is 236 g/mol. The molecule has 0 saturated carbocycles. The fraction of sp³-hybridized carbons (Fsp3) is 0.438. The van der Waals surface area contributed by atoms with Crippen LogP contribution in [0.15, 0.2) is 12.1 Å². The summed E-state index contributed by atoms with van der Waals surface area (Å²) in [5.41, 5.74) is 6.60. The van der Waals surface area contributed by atoms with Crippen LogP contribution in [-0.4, -0.2) is 17.4 Å². The second kappa shape index (κ2) is 3.86. The van der Waals surface area contributed by atoms with Gasteiger partial charge in [-0.05, 0) is 55.4 Å². The Morgan fingerprint density at radius 3 is 2.89 bits per heavy atom. The Kier molecular flexibility index (Phi) is 2.25. The Hall–Kier alpha value is -1.77. The molecule has 98 valence electrons. The van der Waals surface area contributed by atoms with Crippen molar-refractivity contribution in [3.05, 3.63) is 29.0 Å². The van der Waals surface area contributed by atoms with Crippen molar-refractivity contribution in [1.29, 1.82) is 0 Å². The Labute approximate surface area is 112 Å². The summed E-state index contributed by atoms with van der Waals surface area (Å²) in [7, 11) is 0. The number of aryl methyl sites for hydroxylation is 2. The molecule has 1 aliphatic heterocycles. The van der Waals surface area contributed by atoms with E-state index in [1.54, 1.807) is 6.92 Å². The first-order valence-corrected chi connectivity index (χ1v) is 7.18. The molecule has 4 rings (SSSR count). The van der Waals surface area contributed by atoms with Crippen molar-refractivity contribution in [3.8, 4) is 0 Å². The number of anilines is 1. The Morgan fingerprint density at radius 2 is 2.05 bits per heavy atom. The molecule has 2 aromatic rings. The largest absolute Gasteiger partial charge is 0.358 e. The summed E-state index contributed by atoms with van der Waals surface area (Å²) >= 11 is 0. The zero-order valence-corrected chi connectivity index (χ0v) is 11.3. The average molecular weight is 254 g/mol. The molecule has 19 heavy (non-hydrogen) atoms. The molecule has 1 aliphatic carbocycles. The van der Waals surface area contributed by atoms with E-state index in [0.29, 0.717) is 0 Å². The van der Waals surface area contributed by atoms with Gasteiger partial charge in [-0.2, -0.15) is 0 Å². The highest BCUT2D eigenvalue weighted by Crippen LogP contribution is 2.36. The fourth-order valence-corrected chi connectivity index (χ4v) is 3.62. The molecule has 2 heterocycles. The van der Waals surface area contributed by atoms with E-state index in [4.69, 9.17) is 0 Å². The van der Waals surface area contributed by atoms with E-state index in [1.165, 1.54) is 53.4 Å². The number of H-pyrrole nitrogens is 1. The van der Waals surface area contributed by atoms with Crippen LogP contribution in [0.4, 0.5) is 5.69 Å². The van der Waals surface area contributed by atoms with Crippen molar-refractivity contribution < 1.29 is 4.79 Å². The van der Waals surface area contributed by atoms with Gasteiger partial charge >= 0.3 is 0 Å². The van der Waals surface area contributed by atoms with E-state index >= 15 is 0 Å². The van der Waals surface area contributed by atoms with E-state index in [1.807, 2.05) is 4.90 Å². The third-order valence-corrected chi connectivity index (χ3v) is 4.57. The van der Waals surface area contributed by atoms with Crippen molar-refractivity contribution in [2.75, 3.05) is 11.4 Å². The van der Waals surface area contributed by atoms with Crippen molar-refractivity contribution in [1.82, 2.24) is 4.98 Å². The summed E-state index contributed by atoms with van der Waals surface area (Å²) in [6.45, 7) is 2.49. The summed E-state index contributed by atoms with van der Waals surface area (Å²) in [5.74, 6) is 0.155. The van der Waals surface area contributed by atoms with Gasteiger partial charge in [0.2, 0.25) is 5.91 Å². The Balaban J connectivity index is 1.94. The van der Waals surface area contributed by atoms with Gasteiger partial charge in [0.15, 0.2) is 0 Å². The van der Waals surface area contributed by atoms with Crippen molar-refractivity contribution >= 4 is 22.5 Å². The third-order valence-electron chi connectivity index (χ3n) is 4.57. The van der Waals surface area contributed by atoms with Gasteiger partial charge in [-0.3, -0.25) is 4.79 Å². The molecule has 1 aromatic carbocycles. The third kappa shape index (κ3) is 1.54. The number of hydrogen-bond donors (Lipinski definition) is 1. The Morgan fingerprint density at radius 1 is 1.21 bits per heavy atom. The van der Waals surface area contributed by atoms with E-state index in [-0.39, 0.29) is 5.91 Å². The second-order valence-corrected chi connectivity index (χ2v) is 5.74. The molecule has 1 N–H and O–H groups in total. The molecule has 0 radical (unpaired) electrons. The summed E-state index contributed by atoms with van der Waals surface area (Å²) in [5, 5.41) is 1.33. The first kappa shape index (κ1) is 11.1. The molecule has 0 fully saturated rings. The van der Waals surface area contributed by atoms with E-state index < -0.39 is 0 Å². The minimum atomic E-state index is 0.155. The van der Waals surface area contributed by atoms with Crippen LogP contribution >= 0.6 is 0 Å². The van der Waals surface area contributed by atoms with Crippen LogP contribution in [0.25, 0.3) is 10.9 Å². The van der Waals surface area contributed by atoms with Gasteiger partial charge < -0.3 is 9.88 Å². The second-order valence-electron chi connectivity index (χ2n) is 5.74. The predicted octanol–water partition coefficient (Wildman–Crippen LogP) is 2.96. The lowest BCUT2D eigenvalue weighted by atomic mass is 9.95. The maximum Gasteiger partial charge on any atom is 0.223 e. The molecule has 0 unspecified atom stereocenters. The highest BCUT2D eigenvalue weighted by molar-refractivity contribution is 5.98. The minimum absolute atomic E-state index is 0.155. The summed E-state index contributed by atoms with van der Waals surface area (Å²) in [6, 6.07) is 4.49. The van der Waals surface area contributed by atoms with Gasteiger partial charge in [0.05, 0.1) is 0 Å². The number of carbonyl (C=O) groups excluding carboxylic acids is 1. The zero-order chi connectivity index (χ0) is 13.0. The van der Waals surface area contributed by atoms with Gasteiger partial charge in [0.1, 0.15) is 0 Å². The molecular formula is C16H18N2O. The van der Waals surface area contributed by atoms with Crippen molar-refractivity contribution in [2.24, 2.45) is 0 Å². The topological polar surface area (TPSA) is 36.1 Å². The van der Waals surface area contributed by atoms with Crippen LogP contribution in [0, 0.1) is 0 Å². The monoisotopic (exact) mass is 254 g/mol. The number of nitrogens with one attached hydrogen (secondary N) is 1. The maximum atomic E-state index is 11.7. The molecule has 0 saturated heterocycles. The smallest absolute Gasteiger partial charge is 0.223 e. The summed E-state index contributed by atoms with van der Waals surface area (Å²) < 4.78 is 0. The van der Waals surface area contributed by atoms with Crippen LogP contribution in [0.3, 0.4) is 0 Å². The van der Waals surface area contributed by atoms with Gasteiger partial charge in [-0.15, -0.1) is 0 Å². The number of aromatic amines is 1. The molecule has 2 aliphatic rings. The first-order chi connectivity index (χ1) is 9.24. The highest BCUT2D eigenvalue weighted by atomic mass is 16.2. The molecule has 3 nitrogen and oxygen atoms in total. The van der Waals surface area contributed by atoms with E-state index in [2.05, 4.69) is 17.1 Å². The van der Waals surface area contributed by atoms with Crippen LogP contribution in [0.2, 0.25) is 0 Å². The van der Waals surface area contributed by atoms with Crippen LogP contribution in [-0.2, 0) is 24.1 Å². The number of hydrogen-bond acceptors (Lipinski definition) is 1. The van der Waals surface area contributed by atoms with Gasteiger partial charge in [0.25, 0.3) is 0 Å². The first-order valence-electron chi connectivity index (χ1n) is 7.18. The average Bonchev–Trinajstić information content (AvgIpc) is 2.96. The van der Waals surface area contributed by atoms with E-state index in [9.17, 15) is 4.79 Å². The van der Waals surface area contributed by atoms with E-state index in [0.717, 1.165) is 18.7 Å². The summed E-state index contributed by atoms with van der Waals surface area (Å²) in [4.78, 5) is 17.2. The van der Waals surface area contributed by atoms with Gasteiger partial charge in [0, 0.05) is 35.8 Å². The molecule has 3 heteroatoms. The number of fused-ring (bicyclic) bond motifs is 4. The minimum Gasteiger partial charge on any atom is -0.358 e. The maximum absolute atomic E-state index is 11.7. The molecule has 0 spiro atoms. The SMILES string of the molecule is CC(=O)N1CCc2cc3[nH]c4c(c3cc21)CCCC4. The van der Waals surface area contributed by atoms with Gasteiger partial charge in [-0.25, -0.2) is 0 Å². The van der Waals surface area contributed by atoms with Gasteiger partial charge in [-0.1, -0.05) is 0 Å². The molecule has 1 aromatic heterocycles. The highest BCUT2D eigenvalue weighted by Gasteiger charge is 2.24. The fourth-order valence-electron chi connectivity index (χ4n) is 3.62. The molecule has 1 amide bonds. The number of nitrogens with zero attached hydrogens (tertiary/aromatic N) is 1. The lowest BCUT2D eigenvalue weighted by Gasteiger charge is -2.15.